The van der Waals surface area contributed by atoms with Crippen molar-refractivity contribution in [3.05, 3.63) is 24.3 Å². The minimum absolute atomic E-state index is 0.323. The Balaban J connectivity index is 3.27. The molecule has 0 radical (unpaired) electrons. The summed E-state index contributed by atoms with van der Waals surface area (Å²) in [5.74, 6) is 1.53. The first-order chi connectivity index (χ1) is 9.16. The number of ether oxygens (including phenoxy) is 2. The van der Waals surface area contributed by atoms with E-state index in [0.717, 1.165) is 17.1 Å². The summed E-state index contributed by atoms with van der Waals surface area (Å²) in [5.41, 5.74) is 1.11. The molecule has 0 aliphatic rings. The van der Waals surface area contributed by atoms with E-state index < -0.39 is 7.22 Å². The quantitative estimate of drug-likeness (QED) is 0.674. The van der Waals surface area contributed by atoms with Crippen LogP contribution in [0.3, 0.4) is 0 Å². The van der Waals surface area contributed by atoms with E-state index in [4.69, 9.17) is 9.47 Å². The van der Waals surface area contributed by atoms with Crippen LogP contribution in [0, 0.1) is 0 Å². The van der Waals surface area contributed by atoms with Gasteiger partial charge < -0.3 is 9.47 Å². The molecular weight excluding hydrogens is 284 g/mol. The molecule has 112 valence electrons. The molecule has 0 unspecified atom stereocenters. The number of benzene rings is 1. The minimum atomic E-state index is -1.48. The van der Waals surface area contributed by atoms with Crippen LogP contribution < -0.4 is 9.47 Å². The summed E-state index contributed by atoms with van der Waals surface area (Å²) in [5, 5.41) is 0.323. The van der Waals surface area contributed by atoms with E-state index in [-0.39, 0.29) is 0 Å². The third kappa shape index (κ3) is 3.61. The SMILES string of the molecule is C=Cc1cc(OC)c(OC)cc1S[Si](C)(C)C(C)(C)C. The van der Waals surface area contributed by atoms with Crippen LogP contribution in [0.2, 0.25) is 18.1 Å². The Morgan fingerprint density at radius 2 is 1.60 bits per heavy atom. The van der Waals surface area contributed by atoms with Crippen molar-refractivity contribution in [3.8, 4) is 11.5 Å². The standard InChI is InChI=1S/C16H26O2SSi/c1-9-12-10-13(17-5)14(18-6)11-15(12)19-20(7,8)16(2,3)4/h9-11H,1H2,2-8H3. The van der Waals surface area contributed by atoms with Gasteiger partial charge in [-0.25, -0.2) is 0 Å². The zero-order valence-corrected chi connectivity index (χ0v) is 15.5. The molecule has 0 bridgehead atoms. The highest BCUT2D eigenvalue weighted by molar-refractivity contribution is 8.29. The number of hydrogen-bond donors (Lipinski definition) is 0. The molecule has 4 heteroatoms. The molecule has 0 amide bonds. The van der Waals surface area contributed by atoms with Gasteiger partial charge in [-0.05, 0) is 22.7 Å². The van der Waals surface area contributed by atoms with Gasteiger partial charge in [-0.15, -0.1) is 0 Å². The lowest BCUT2D eigenvalue weighted by atomic mass is 10.2. The molecule has 0 fully saturated rings. The Bertz CT molecular complexity index is 490. The molecule has 0 saturated heterocycles. The average Bonchev–Trinajstić information content (AvgIpc) is 2.36. The minimum Gasteiger partial charge on any atom is -0.493 e. The fraction of sp³-hybridized carbons (Fsp3) is 0.500. The predicted molar refractivity (Wildman–Crippen MR) is 92.7 cm³/mol. The highest BCUT2D eigenvalue weighted by Gasteiger charge is 2.37. The van der Waals surface area contributed by atoms with Crippen LogP contribution in [0.25, 0.3) is 6.08 Å². The van der Waals surface area contributed by atoms with E-state index in [9.17, 15) is 0 Å². The Hall–Kier alpha value is -0.873. The molecule has 0 heterocycles. The second-order valence-electron chi connectivity index (χ2n) is 6.31. The molecule has 1 rings (SSSR count). The molecular formula is C16H26O2SSi. The lowest BCUT2D eigenvalue weighted by molar-refractivity contribution is 0.354. The van der Waals surface area contributed by atoms with E-state index in [0.29, 0.717) is 5.04 Å². The number of rotatable bonds is 5. The first-order valence-corrected chi connectivity index (χ1v) is 11.3. The molecule has 0 spiro atoms. The van der Waals surface area contributed by atoms with Gasteiger partial charge in [0, 0.05) is 4.90 Å². The van der Waals surface area contributed by atoms with Gasteiger partial charge in [0.05, 0.1) is 14.2 Å². The van der Waals surface area contributed by atoms with Gasteiger partial charge in [0.15, 0.2) is 11.5 Å². The fourth-order valence-electron chi connectivity index (χ4n) is 1.55. The van der Waals surface area contributed by atoms with E-state index in [2.05, 4.69) is 46.5 Å². The summed E-state index contributed by atoms with van der Waals surface area (Å²) in [6.45, 7) is 15.7. The normalized spacial score (nSPS) is 12.2. The van der Waals surface area contributed by atoms with Crippen molar-refractivity contribution in [3.63, 3.8) is 0 Å². The second kappa shape index (κ2) is 6.27. The Morgan fingerprint density at radius 1 is 1.10 bits per heavy atom. The van der Waals surface area contributed by atoms with Crippen LogP contribution in [0.15, 0.2) is 23.6 Å². The molecule has 0 aliphatic carbocycles. The third-order valence-corrected chi connectivity index (χ3v) is 12.6. The molecule has 1 aromatic rings. The monoisotopic (exact) mass is 310 g/mol. The number of methoxy groups -OCH3 is 2. The molecule has 1 aromatic carbocycles. The summed E-state index contributed by atoms with van der Waals surface area (Å²) in [6.07, 6.45) is 1.89. The van der Waals surface area contributed by atoms with Gasteiger partial charge in [0.25, 0.3) is 0 Å². The van der Waals surface area contributed by atoms with Crippen LogP contribution in [-0.2, 0) is 0 Å². The third-order valence-electron chi connectivity index (χ3n) is 3.91. The maximum Gasteiger partial charge on any atom is 0.161 e. The lowest BCUT2D eigenvalue weighted by Gasteiger charge is -2.36. The summed E-state index contributed by atoms with van der Waals surface area (Å²) in [6, 6.07) is 4.07. The summed E-state index contributed by atoms with van der Waals surface area (Å²) in [4.78, 5) is 1.23. The van der Waals surface area contributed by atoms with Crippen LogP contribution in [0.4, 0.5) is 0 Å². The molecule has 0 N–H and O–H groups in total. The van der Waals surface area contributed by atoms with E-state index >= 15 is 0 Å². The first-order valence-electron chi connectivity index (χ1n) is 6.73. The summed E-state index contributed by atoms with van der Waals surface area (Å²) in [7, 11) is 1.85. The molecule has 0 atom stereocenters. The summed E-state index contributed by atoms with van der Waals surface area (Å²) >= 11 is 1.98. The first kappa shape index (κ1) is 17.2. The van der Waals surface area contributed by atoms with Gasteiger partial charge in [-0.1, -0.05) is 46.5 Å². The predicted octanol–water partition coefficient (Wildman–Crippen LogP) is 5.44. The highest BCUT2D eigenvalue weighted by atomic mass is 32.4. The van der Waals surface area contributed by atoms with E-state index in [1.807, 2.05) is 23.4 Å². The van der Waals surface area contributed by atoms with Gasteiger partial charge in [0.1, 0.15) is 7.22 Å². The second-order valence-corrected chi connectivity index (χ2v) is 15.2. The zero-order valence-electron chi connectivity index (χ0n) is 13.7. The van der Waals surface area contributed by atoms with Crippen molar-refractivity contribution in [1.29, 1.82) is 0 Å². The zero-order chi connectivity index (χ0) is 15.6. The Morgan fingerprint density at radius 3 is 2.00 bits per heavy atom. The highest BCUT2D eigenvalue weighted by Crippen LogP contribution is 2.48. The van der Waals surface area contributed by atoms with Crippen LogP contribution >= 0.6 is 11.2 Å². The maximum absolute atomic E-state index is 5.42. The van der Waals surface area contributed by atoms with Crippen molar-refractivity contribution in [2.24, 2.45) is 0 Å². The van der Waals surface area contributed by atoms with Gasteiger partial charge >= 0.3 is 0 Å². The molecule has 2 nitrogen and oxygen atoms in total. The topological polar surface area (TPSA) is 18.5 Å². The van der Waals surface area contributed by atoms with Crippen LogP contribution in [0.5, 0.6) is 11.5 Å². The van der Waals surface area contributed by atoms with Crippen molar-refractivity contribution in [1.82, 2.24) is 0 Å². The van der Waals surface area contributed by atoms with Gasteiger partial charge in [-0.2, -0.15) is 11.2 Å². The Labute approximate surface area is 128 Å². The molecule has 0 saturated carbocycles. The van der Waals surface area contributed by atoms with Crippen LogP contribution in [-0.4, -0.2) is 21.4 Å². The number of hydrogen-bond acceptors (Lipinski definition) is 3. The fourth-order valence-corrected chi connectivity index (χ4v) is 5.93. The molecule has 20 heavy (non-hydrogen) atoms. The molecule has 0 aromatic heterocycles. The van der Waals surface area contributed by atoms with Crippen molar-refractivity contribution in [2.45, 2.75) is 43.8 Å². The maximum atomic E-state index is 5.42. The summed E-state index contributed by atoms with van der Waals surface area (Å²) < 4.78 is 10.8. The largest absolute Gasteiger partial charge is 0.493 e. The smallest absolute Gasteiger partial charge is 0.161 e. The van der Waals surface area contributed by atoms with Gasteiger partial charge in [-0.3, -0.25) is 0 Å². The van der Waals surface area contributed by atoms with Crippen molar-refractivity contribution >= 4 is 24.5 Å². The Kier molecular flexibility index (Phi) is 5.38. The van der Waals surface area contributed by atoms with Crippen LogP contribution in [0.1, 0.15) is 26.3 Å². The average molecular weight is 311 g/mol. The molecule has 0 aliphatic heterocycles. The lowest BCUT2D eigenvalue weighted by Crippen LogP contribution is -2.33. The van der Waals surface area contributed by atoms with Gasteiger partial charge in [0.2, 0.25) is 0 Å². The van der Waals surface area contributed by atoms with Crippen molar-refractivity contribution < 1.29 is 9.47 Å². The van der Waals surface area contributed by atoms with E-state index in [1.54, 1.807) is 14.2 Å². The van der Waals surface area contributed by atoms with Crippen molar-refractivity contribution in [2.75, 3.05) is 14.2 Å². The van der Waals surface area contributed by atoms with E-state index in [1.165, 1.54) is 4.90 Å².